The molecule has 0 atom stereocenters. The van der Waals surface area contributed by atoms with E-state index in [1.54, 1.807) is 6.07 Å². The predicted molar refractivity (Wildman–Crippen MR) is 48.6 cm³/mol. The van der Waals surface area contributed by atoms with Crippen molar-refractivity contribution in [3.05, 3.63) is 17.9 Å². The minimum atomic E-state index is -1.06. The normalized spacial score (nSPS) is 17.1. The van der Waals surface area contributed by atoms with Crippen LogP contribution < -0.4 is 4.74 Å². The van der Waals surface area contributed by atoms with E-state index in [9.17, 15) is 4.79 Å². The molecule has 14 heavy (non-hydrogen) atoms. The number of aromatic carboxylic acids is 1. The van der Waals surface area contributed by atoms with Gasteiger partial charge in [-0.3, -0.25) is 0 Å². The first kappa shape index (κ1) is 9.12. The molecule has 2 rings (SSSR count). The molecule has 0 aliphatic heterocycles. The SMILES string of the molecule is O=C(O)c1ccc(OC2CCCC2)o1. The summed E-state index contributed by atoms with van der Waals surface area (Å²) in [4.78, 5) is 10.5. The van der Waals surface area contributed by atoms with Gasteiger partial charge in [0.05, 0.1) is 0 Å². The standard InChI is InChI=1S/C10H12O4/c11-10(12)8-5-6-9(14-8)13-7-3-1-2-4-7/h5-7H,1-4H2,(H,11,12). The molecule has 0 amide bonds. The van der Waals surface area contributed by atoms with Gasteiger partial charge in [-0.1, -0.05) is 0 Å². The van der Waals surface area contributed by atoms with Gasteiger partial charge in [-0.2, -0.15) is 0 Å². The van der Waals surface area contributed by atoms with E-state index < -0.39 is 5.97 Å². The van der Waals surface area contributed by atoms with Gasteiger partial charge in [-0.15, -0.1) is 0 Å². The van der Waals surface area contributed by atoms with Crippen molar-refractivity contribution in [2.75, 3.05) is 0 Å². The molecule has 4 nitrogen and oxygen atoms in total. The second kappa shape index (κ2) is 3.74. The molecular weight excluding hydrogens is 184 g/mol. The van der Waals surface area contributed by atoms with E-state index in [0.717, 1.165) is 12.8 Å². The molecule has 0 radical (unpaired) electrons. The van der Waals surface area contributed by atoms with Crippen molar-refractivity contribution >= 4 is 5.97 Å². The summed E-state index contributed by atoms with van der Waals surface area (Å²) in [5.41, 5.74) is 0. The number of ether oxygens (including phenoxy) is 1. The number of rotatable bonds is 3. The predicted octanol–water partition coefficient (Wildman–Crippen LogP) is 2.30. The van der Waals surface area contributed by atoms with Crippen LogP contribution in [0.1, 0.15) is 36.2 Å². The van der Waals surface area contributed by atoms with Crippen LogP contribution in [0.4, 0.5) is 0 Å². The molecule has 1 aromatic rings. The zero-order chi connectivity index (χ0) is 9.97. The van der Waals surface area contributed by atoms with Gasteiger partial charge >= 0.3 is 5.97 Å². The van der Waals surface area contributed by atoms with Crippen molar-refractivity contribution in [2.45, 2.75) is 31.8 Å². The number of hydrogen-bond donors (Lipinski definition) is 1. The fourth-order valence-corrected chi connectivity index (χ4v) is 1.67. The zero-order valence-corrected chi connectivity index (χ0v) is 7.73. The topological polar surface area (TPSA) is 59.7 Å². The van der Waals surface area contributed by atoms with E-state index >= 15 is 0 Å². The highest BCUT2D eigenvalue weighted by molar-refractivity contribution is 5.84. The van der Waals surface area contributed by atoms with Crippen molar-refractivity contribution < 1.29 is 19.1 Å². The minimum Gasteiger partial charge on any atom is -0.475 e. The quantitative estimate of drug-likeness (QED) is 0.805. The van der Waals surface area contributed by atoms with E-state index in [-0.39, 0.29) is 11.9 Å². The highest BCUT2D eigenvalue weighted by Crippen LogP contribution is 2.25. The molecule has 1 aliphatic carbocycles. The van der Waals surface area contributed by atoms with E-state index in [2.05, 4.69) is 0 Å². The Labute approximate surface area is 81.5 Å². The van der Waals surface area contributed by atoms with E-state index in [0.29, 0.717) is 5.95 Å². The second-order valence-corrected chi connectivity index (χ2v) is 3.45. The Morgan fingerprint density at radius 2 is 2.14 bits per heavy atom. The summed E-state index contributed by atoms with van der Waals surface area (Å²) >= 11 is 0. The molecule has 1 N–H and O–H groups in total. The third-order valence-corrected chi connectivity index (χ3v) is 2.38. The highest BCUT2D eigenvalue weighted by atomic mass is 16.6. The molecular formula is C10H12O4. The Hall–Kier alpha value is -1.45. The van der Waals surface area contributed by atoms with Crippen LogP contribution in [0.15, 0.2) is 16.5 Å². The van der Waals surface area contributed by atoms with E-state index in [4.69, 9.17) is 14.3 Å². The van der Waals surface area contributed by atoms with Crippen LogP contribution >= 0.6 is 0 Å². The molecule has 0 bridgehead atoms. The van der Waals surface area contributed by atoms with Crippen molar-refractivity contribution in [3.63, 3.8) is 0 Å². The maximum atomic E-state index is 10.5. The maximum Gasteiger partial charge on any atom is 0.371 e. The van der Waals surface area contributed by atoms with Crippen LogP contribution in [0.3, 0.4) is 0 Å². The molecule has 1 heterocycles. The minimum absolute atomic E-state index is 0.0713. The molecule has 1 aromatic heterocycles. The fourth-order valence-electron chi connectivity index (χ4n) is 1.67. The van der Waals surface area contributed by atoms with Gasteiger partial charge in [0.2, 0.25) is 5.76 Å². The van der Waals surface area contributed by atoms with Crippen LogP contribution in [0.2, 0.25) is 0 Å². The van der Waals surface area contributed by atoms with Crippen LogP contribution in [-0.4, -0.2) is 17.2 Å². The monoisotopic (exact) mass is 196 g/mol. The average molecular weight is 196 g/mol. The lowest BCUT2D eigenvalue weighted by molar-refractivity contribution is 0.0646. The smallest absolute Gasteiger partial charge is 0.371 e. The number of carboxylic acid groups (broad SMARTS) is 1. The Balaban J connectivity index is 1.98. The molecule has 76 valence electrons. The van der Waals surface area contributed by atoms with Gasteiger partial charge in [0.15, 0.2) is 0 Å². The summed E-state index contributed by atoms with van der Waals surface area (Å²) in [5.74, 6) is -0.821. The second-order valence-electron chi connectivity index (χ2n) is 3.45. The van der Waals surface area contributed by atoms with E-state index in [1.165, 1.54) is 18.9 Å². The van der Waals surface area contributed by atoms with Gasteiger partial charge in [-0.25, -0.2) is 4.79 Å². The van der Waals surface area contributed by atoms with Gasteiger partial charge < -0.3 is 14.3 Å². The van der Waals surface area contributed by atoms with Crippen molar-refractivity contribution in [1.29, 1.82) is 0 Å². The average Bonchev–Trinajstić information content (AvgIpc) is 2.75. The molecule has 0 aromatic carbocycles. The largest absolute Gasteiger partial charge is 0.475 e. The van der Waals surface area contributed by atoms with Crippen molar-refractivity contribution in [1.82, 2.24) is 0 Å². The summed E-state index contributed by atoms with van der Waals surface area (Å²) in [7, 11) is 0. The van der Waals surface area contributed by atoms with Gasteiger partial charge in [0, 0.05) is 6.07 Å². The first-order valence-corrected chi connectivity index (χ1v) is 4.75. The summed E-state index contributed by atoms with van der Waals surface area (Å²) < 4.78 is 10.5. The Morgan fingerprint density at radius 3 is 2.71 bits per heavy atom. The van der Waals surface area contributed by atoms with Crippen LogP contribution in [-0.2, 0) is 0 Å². The first-order valence-electron chi connectivity index (χ1n) is 4.75. The Bertz CT molecular complexity index is 323. The molecule has 0 spiro atoms. The molecule has 1 aliphatic rings. The molecule has 0 unspecified atom stereocenters. The van der Waals surface area contributed by atoms with Crippen molar-refractivity contribution in [2.24, 2.45) is 0 Å². The molecule has 1 saturated carbocycles. The zero-order valence-electron chi connectivity index (χ0n) is 7.73. The maximum absolute atomic E-state index is 10.5. The number of carbonyl (C=O) groups is 1. The van der Waals surface area contributed by atoms with Crippen LogP contribution in [0.5, 0.6) is 5.95 Å². The van der Waals surface area contributed by atoms with Crippen LogP contribution in [0, 0.1) is 0 Å². The third kappa shape index (κ3) is 1.89. The summed E-state index contributed by atoms with van der Waals surface area (Å²) in [6, 6.07) is 2.97. The number of carboxylic acids is 1. The van der Waals surface area contributed by atoms with Crippen LogP contribution in [0.25, 0.3) is 0 Å². The highest BCUT2D eigenvalue weighted by Gasteiger charge is 2.18. The lowest BCUT2D eigenvalue weighted by Gasteiger charge is -2.08. The summed E-state index contributed by atoms with van der Waals surface area (Å²) in [6.45, 7) is 0. The third-order valence-electron chi connectivity index (χ3n) is 2.38. The number of furan rings is 1. The summed E-state index contributed by atoms with van der Waals surface area (Å²) in [6.07, 6.45) is 4.61. The number of hydrogen-bond acceptors (Lipinski definition) is 3. The molecule has 0 saturated heterocycles. The lowest BCUT2D eigenvalue weighted by Crippen LogP contribution is -2.10. The van der Waals surface area contributed by atoms with E-state index in [1.807, 2.05) is 0 Å². The molecule has 4 heteroatoms. The molecule has 1 fully saturated rings. The summed E-state index contributed by atoms with van der Waals surface area (Å²) in [5, 5.41) is 8.61. The van der Waals surface area contributed by atoms with Gasteiger partial charge in [-0.05, 0) is 31.7 Å². The van der Waals surface area contributed by atoms with Gasteiger partial charge in [0.25, 0.3) is 5.95 Å². The Morgan fingerprint density at radius 1 is 1.43 bits per heavy atom. The Kier molecular flexibility index (Phi) is 2.43. The van der Waals surface area contributed by atoms with Gasteiger partial charge in [0.1, 0.15) is 6.10 Å². The first-order chi connectivity index (χ1) is 6.75. The van der Waals surface area contributed by atoms with Crippen molar-refractivity contribution in [3.8, 4) is 5.95 Å². The lowest BCUT2D eigenvalue weighted by atomic mass is 10.3. The fraction of sp³-hybridized carbons (Fsp3) is 0.500.